The van der Waals surface area contributed by atoms with E-state index in [0.29, 0.717) is 0 Å². The van der Waals surface area contributed by atoms with E-state index in [-0.39, 0.29) is 11.7 Å². The molecule has 0 rings (SSSR count). The molecule has 0 saturated heterocycles. The first-order valence-corrected chi connectivity index (χ1v) is 6.94. The van der Waals surface area contributed by atoms with Crippen molar-refractivity contribution >= 4 is 16.0 Å². The number of ether oxygens (including phenoxy) is 1. The third-order valence-electron chi connectivity index (χ3n) is 2.33. The first kappa shape index (κ1) is 16.3. The summed E-state index contributed by atoms with van der Waals surface area (Å²) < 4.78 is 30.7. The van der Waals surface area contributed by atoms with Crippen molar-refractivity contribution in [3.8, 4) is 0 Å². The number of rotatable bonds is 7. The molecule has 0 amide bonds. The Bertz CT molecular complexity index is 361. The van der Waals surface area contributed by atoms with Crippen LogP contribution >= 0.6 is 0 Å². The lowest BCUT2D eigenvalue weighted by Crippen LogP contribution is -2.48. The molecule has 0 bridgehead atoms. The summed E-state index contributed by atoms with van der Waals surface area (Å²) in [6.45, 7) is 6.53. The Kier molecular flexibility index (Phi) is 5.57. The summed E-state index contributed by atoms with van der Waals surface area (Å²) >= 11 is 0. The van der Waals surface area contributed by atoms with Gasteiger partial charge in [0.25, 0.3) is 0 Å². The van der Waals surface area contributed by atoms with Gasteiger partial charge in [-0.05, 0) is 19.8 Å². The predicted molar refractivity (Wildman–Crippen MR) is 64.3 cm³/mol. The number of methoxy groups -OCH3 is 1. The molecule has 0 aromatic rings. The monoisotopic (exact) mass is 267 g/mol. The summed E-state index contributed by atoms with van der Waals surface area (Å²) in [6.07, 6.45) is 0. The second-order valence-electron chi connectivity index (χ2n) is 4.90. The van der Waals surface area contributed by atoms with E-state index in [2.05, 4.69) is 4.72 Å². The summed E-state index contributed by atoms with van der Waals surface area (Å²) in [7, 11) is -2.29. The Balaban J connectivity index is 4.81. The summed E-state index contributed by atoms with van der Waals surface area (Å²) in [5.74, 6) is -1.79. The molecule has 7 heteroatoms. The molecule has 0 aromatic heterocycles. The van der Waals surface area contributed by atoms with E-state index in [9.17, 15) is 13.2 Å². The van der Waals surface area contributed by atoms with E-state index >= 15 is 0 Å². The van der Waals surface area contributed by atoms with Gasteiger partial charge in [-0.25, -0.2) is 13.1 Å². The van der Waals surface area contributed by atoms with Gasteiger partial charge in [0.1, 0.15) is 6.04 Å². The molecule has 0 aliphatic carbocycles. The number of sulfonamides is 1. The van der Waals surface area contributed by atoms with Crippen LogP contribution in [0.1, 0.15) is 27.7 Å². The van der Waals surface area contributed by atoms with Crippen molar-refractivity contribution in [3.05, 3.63) is 0 Å². The van der Waals surface area contributed by atoms with Crippen molar-refractivity contribution in [2.75, 3.05) is 12.9 Å². The van der Waals surface area contributed by atoms with Crippen molar-refractivity contribution in [2.24, 2.45) is 5.92 Å². The van der Waals surface area contributed by atoms with Crippen LogP contribution in [0.15, 0.2) is 0 Å². The number of carbonyl (C=O) groups is 1. The third kappa shape index (κ3) is 5.99. The van der Waals surface area contributed by atoms with E-state index < -0.39 is 27.6 Å². The van der Waals surface area contributed by atoms with Crippen LogP contribution in [0.4, 0.5) is 0 Å². The molecule has 0 saturated carbocycles. The van der Waals surface area contributed by atoms with E-state index in [0.717, 1.165) is 0 Å². The topological polar surface area (TPSA) is 92.7 Å². The van der Waals surface area contributed by atoms with Gasteiger partial charge in [-0.1, -0.05) is 13.8 Å². The van der Waals surface area contributed by atoms with Crippen LogP contribution in [-0.4, -0.2) is 44.0 Å². The summed E-state index contributed by atoms with van der Waals surface area (Å²) in [5, 5.41) is 8.90. The van der Waals surface area contributed by atoms with Gasteiger partial charge in [0, 0.05) is 7.11 Å². The quantitative estimate of drug-likeness (QED) is 0.698. The van der Waals surface area contributed by atoms with Crippen LogP contribution in [0, 0.1) is 5.92 Å². The molecule has 6 nitrogen and oxygen atoms in total. The molecule has 1 atom stereocenters. The lowest BCUT2D eigenvalue weighted by atomic mass is 10.1. The molecule has 0 aromatic carbocycles. The van der Waals surface area contributed by atoms with E-state index in [1.807, 2.05) is 0 Å². The Morgan fingerprint density at radius 2 is 1.88 bits per heavy atom. The minimum Gasteiger partial charge on any atom is -0.480 e. The molecule has 17 heavy (non-hydrogen) atoms. The number of nitrogens with one attached hydrogen (secondary N) is 1. The largest absolute Gasteiger partial charge is 0.480 e. The van der Waals surface area contributed by atoms with Crippen molar-refractivity contribution < 1.29 is 23.1 Å². The Morgan fingerprint density at radius 3 is 2.18 bits per heavy atom. The SMILES string of the molecule is COC(C)(C)CS(=O)(=O)N[C@@H](C(=O)O)C(C)C. The summed E-state index contributed by atoms with van der Waals surface area (Å²) in [6, 6.07) is -1.12. The Morgan fingerprint density at radius 1 is 1.41 bits per heavy atom. The van der Waals surface area contributed by atoms with Crippen LogP contribution in [-0.2, 0) is 19.6 Å². The third-order valence-corrected chi connectivity index (χ3v) is 4.02. The molecule has 0 unspecified atom stereocenters. The second-order valence-corrected chi connectivity index (χ2v) is 6.65. The zero-order valence-corrected chi connectivity index (χ0v) is 11.7. The maximum atomic E-state index is 11.8. The average Bonchev–Trinajstić information content (AvgIpc) is 2.12. The Hall–Kier alpha value is -0.660. The minimum absolute atomic E-state index is 0.285. The van der Waals surface area contributed by atoms with E-state index in [1.54, 1.807) is 27.7 Å². The highest BCUT2D eigenvalue weighted by atomic mass is 32.2. The molecule has 0 aliphatic heterocycles. The van der Waals surface area contributed by atoms with Gasteiger partial charge >= 0.3 is 5.97 Å². The number of carboxylic acids is 1. The fraction of sp³-hybridized carbons (Fsp3) is 0.900. The van der Waals surface area contributed by atoms with Crippen LogP contribution in [0.2, 0.25) is 0 Å². The van der Waals surface area contributed by atoms with Gasteiger partial charge in [0.2, 0.25) is 10.0 Å². The zero-order chi connectivity index (χ0) is 13.9. The minimum atomic E-state index is -3.70. The molecular formula is C10H21NO5S. The fourth-order valence-corrected chi connectivity index (χ4v) is 3.10. The molecule has 0 aliphatic rings. The van der Waals surface area contributed by atoms with Crippen molar-refractivity contribution in [2.45, 2.75) is 39.3 Å². The first-order valence-electron chi connectivity index (χ1n) is 5.29. The maximum Gasteiger partial charge on any atom is 0.321 e. The molecular weight excluding hydrogens is 246 g/mol. The molecule has 0 heterocycles. The van der Waals surface area contributed by atoms with Gasteiger partial charge in [-0.15, -0.1) is 0 Å². The molecule has 0 fully saturated rings. The highest BCUT2D eigenvalue weighted by Gasteiger charge is 2.31. The number of aliphatic carboxylic acids is 1. The number of hydrogen-bond acceptors (Lipinski definition) is 4. The number of hydrogen-bond donors (Lipinski definition) is 2. The standard InChI is InChI=1S/C10H21NO5S/c1-7(2)8(9(12)13)11-17(14,15)6-10(3,4)16-5/h7-8,11H,6H2,1-5H3,(H,12,13)/t8-/m1/s1. The van der Waals surface area contributed by atoms with Crippen LogP contribution in [0.5, 0.6) is 0 Å². The summed E-state index contributed by atoms with van der Waals surface area (Å²) in [5.41, 5.74) is -0.855. The van der Waals surface area contributed by atoms with Gasteiger partial charge in [0.05, 0.1) is 11.4 Å². The lowest BCUT2D eigenvalue weighted by molar-refractivity contribution is -0.140. The molecule has 2 N–H and O–H groups in total. The van der Waals surface area contributed by atoms with Crippen molar-refractivity contribution in [1.82, 2.24) is 4.72 Å². The molecule has 0 radical (unpaired) electrons. The second kappa shape index (κ2) is 5.79. The van der Waals surface area contributed by atoms with Crippen LogP contribution in [0.3, 0.4) is 0 Å². The maximum absolute atomic E-state index is 11.8. The lowest BCUT2D eigenvalue weighted by Gasteiger charge is -2.25. The first-order chi connectivity index (χ1) is 7.51. The zero-order valence-electron chi connectivity index (χ0n) is 10.9. The van der Waals surface area contributed by atoms with E-state index in [4.69, 9.17) is 9.84 Å². The molecule has 0 spiro atoms. The van der Waals surface area contributed by atoms with Gasteiger partial charge in [0.15, 0.2) is 0 Å². The smallest absolute Gasteiger partial charge is 0.321 e. The van der Waals surface area contributed by atoms with Crippen LogP contribution in [0.25, 0.3) is 0 Å². The highest BCUT2D eigenvalue weighted by molar-refractivity contribution is 7.89. The van der Waals surface area contributed by atoms with E-state index in [1.165, 1.54) is 7.11 Å². The fourth-order valence-electron chi connectivity index (χ4n) is 1.22. The average molecular weight is 267 g/mol. The van der Waals surface area contributed by atoms with Crippen LogP contribution < -0.4 is 4.72 Å². The number of carboxylic acid groups (broad SMARTS) is 1. The van der Waals surface area contributed by atoms with Crippen molar-refractivity contribution in [1.29, 1.82) is 0 Å². The van der Waals surface area contributed by atoms with Crippen molar-refractivity contribution in [3.63, 3.8) is 0 Å². The van der Waals surface area contributed by atoms with Gasteiger partial charge in [-0.2, -0.15) is 0 Å². The normalized spacial score (nSPS) is 14.9. The Labute approximate surface area is 102 Å². The predicted octanol–water partition coefficient (Wildman–Crippen LogP) is 0.440. The molecule has 102 valence electrons. The highest BCUT2D eigenvalue weighted by Crippen LogP contribution is 2.12. The van der Waals surface area contributed by atoms with Gasteiger partial charge < -0.3 is 9.84 Å². The van der Waals surface area contributed by atoms with Gasteiger partial charge in [-0.3, -0.25) is 4.79 Å². The summed E-state index contributed by atoms with van der Waals surface area (Å²) in [4.78, 5) is 10.9.